The Balaban J connectivity index is 3.38. The maximum Gasteiger partial charge on any atom is 0.376 e. The minimum absolute atomic E-state index is 0.357. The summed E-state index contributed by atoms with van der Waals surface area (Å²) in [6.45, 7) is 4.90. The highest BCUT2D eigenvalue weighted by molar-refractivity contribution is 5.77. The summed E-state index contributed by atoms with van der Waals surface area (Å²) in [5.41, 5.74) is -1.73. The van der Waals surface area contributed by atoms with Crippen molar-refractivity contribution in [2.45, 2.75) is 45.6 Å². The Kier molecular flexibility index (Phi) is 5.66. The summed E-state index contributed by atoms with van der Waals surface area (Å²) >= 11 is 0. The lowest BCUT2D eigenvalue weighted by molar-refractivity contribution is -0.286. The van der Waals surface area contributed by atoms with Crippen molar-refractivity contribution >= 4 is 5.97 Å². The molecular weight excluding hydrogens is 172 g/mol. The predicted octanol–water partition coefficient (Wildman–Crippen LogP) is 1.86. The van der Waals surface area contributed by atoms with Crippen LogP contribution < -0.4 is 0 Å². The largest absolute Gasteiger partial charge is 0.376 e. The van der Waals surface area contributed by atoms with Gasteiger partial charge >= 0.3 is 5.97 Å². The standard InChI is InChI=1S/C9H17O4/c1-4-5-6-7-12-13-8(10)9(2,3)11/h4-7H2,1-3H3. The second kappa shape index (κ2) is 5.94. The number of hydrogen-bond donors (Lipinski definition) is 0. The zero-order chi connectivity index (χ0) is 10.3. The van der Waals surface area contributed by atoms with E-state index in [1.165, 1.54) is 13.8 Å². The summed E-state index contributed by atoms with van der Waals surface area (Å²) < 4.78 is 0. The lowest BCUT2D eigenvalue weighted by Gasteiger charge is -2.11. The van der Waals surface area contributed by atoms with Gasteiger partial charge in [0.1, 0.15) is 0 Å². The first-order chi connectivity index (χ1) is 5.98. The highest BCUT2D eigenvalue weighted by Gasteiger charge is 2.29. The van der Waals surface area contributed by atoms with E-state index in [1.807, 2.05) is 0 Å². The summed E-state index contributed by atoms with van der Waals surface area (Å²) in [4.78, 5) is 19.7. The summed E-state index contributed by atoms with van der Waals surface area (Å²) in [6, 6.07) is 0. The Morgan fingerprint density at radius 3 is 2.38 bits per heavy atom. The van der Waals surface area contributed by atoms with Gasteiger partial charge in [0, 0.05) is 0 Å². The van der Waals surface area contributed by atoms with E-state index < -0.39 is 11.6 Å². The summed E-state index contributed by atoms with van der Waals surface area (Å²) in [7, 11) is 0. The molecule has 0 saturated heterocycles. The molecule has 0 aromatic rings. The minimum Gasteiger partial charge on any atom is -0.295 e. The normalized spacial score (nSPS) is 11.4. The minimum atomic E-state index is -1.73. The maximum absolute atomic E-state index is 11.0. The van der Waals surface area contributed by atoms with Crippen LogP contribution in [0.25, 0.3) is 0 Å². The fraction of sp³-hybridized carbons (Fsp3) is 0.889. The molecule has 0 fully saturated rings. The monoisotopic (exact) mass is 189 g/mol. The van der Waals surface area contributed by atoms with Gasteiger partial charge in [-0.1, -0.05) is 19.8 Å². The van der Waals surface area contributed by atoms with E-state index in [0.717, 1.165) is 19.3 Å². The summed E-state index contributed by atoms with van der Waals surface area (Å²) in [6.07, 6.45) is 2.94. The van der Waals surface area contributed by atoms with Crippen LogP contribution in [0.4, 0.5) is 0 Å². The number of unbranched alkanes of at least 4 members (excludes halogenated alkanes) is 2. The van der Waals surface area contributed by atoms with Gasteiger partial charge in [-0.3, -0.25) is 4.89 Å². The van der Waals surface area contributed by atoms with Gasteiger partial charge in [-0.25, -0.2) is 9.90 Å². The molecule has 0 aliphatic heterocycles. The van der Waals surface area contributed by atoms with Gasteiger partial charge in [0.2, 0.25) is 0 Å². The molecule has 0 aromatic heterocycles. The zero-order valence-corrected chi connectivity index (χ0v) is 8.46. The third-order valence-electron chi connectivity index (χ3n) is 1.46. The van der Waals surface area contributed by atoms with Crippen molar-refractivity contribution in [2.75, 3.05) is 6.61 Å². The molecule has 0 unspecified atom stereocenters. The molecule has 0 aliphatic rings. The van der Waals surface area contributed by atoms with Crippen LogP contribution in [0.5, 0.6) is 0 Å². The molecule has 13 heavy (non-hydrogen) atoms. The topological polar surface area (TPSA) is 55.4 Å². The molecular formula is C9H17O4. The quantitative estimate of drug-likeness (QED) is 0.364. The van der Waals surface area contributed by atoms with Gasteiger partial charge in [-0.15, -0.1) is 0 Å². The maximum atomic E-state index is 11.0. The Bertz CT molecular complexity index is 148. The Morgan fingerprint density at radius 1 is 1.31 bits per heavy atom. The van der Waals surface area contributed by atoms with E-state index in [4.69, 9.17) is 0 Å². The van der Waals surface area contributed by atoms with Crippen LogP contribution in [0.15, 0.2) is 0 Å². The van der Waals surface area contributed by atoms with Gasteiger partial charge in [0.05, 0.1) is 6.61 Å². The molecule has 0 bridgehead atoms. The van der Waals surface area contributed by atoms with Crippen LogP contribution in [0.2, 0.25) is 0 Å². The van der Waals surface area contributed by atoms with Gasteiger partial charge in [-0.05, 0) is 20.3 Å². The molecule has 0 N–H and O–H groups in total. The van der Waals surface area contributed by atoms with Crippen molar-refractivity contribution in [2.24, 2.45) is 0 Å². The lowest BCUT2D eigenvalue weighted by atomic mass is 10.1. The van der Waals surface area contributed by atoms with Crippen molar-refractivity contribution in [3.63, 3.8) is 0 Å². The fourth-order valence-corrected chi connectivity index (χ4v) is 0.607. The number of hydrogen-bond acceptors (Lipinski definition) is 3. The number of carbonyl (C=O) groups is 1. The van der Waals surface area contributed by atoms with Crippen molar-refractivity contribution in [3.05, 3.63) is 0 Å². The van der Waals surface area contributed by atoms with Crippen LogP contribution in [0, 0.1) is 0 Å². The van der Waals surface area contributed by atoms with Gasteiger partial charge < -0.3 is 0 Å². The van der Waals surface area contributed by atoms with Crippen LogP contribution in [-0.4, -0.2) is 18.2 Å². The third-order valence-corrected chi connectivity index (χ3v) is 1.46. The van der Waals surface area contributed by atoms with Crippen LogP contribution >= 0.6 is 0 Å². The smallest absolute Gasteiger partial charge is 0.295 e. The predicted molar refractivity (Wildman–Crippen MR) is 46.3 cm³/mol. The van der Waals surface area contributed by atoms with Crippen LogP contribution in [-0.2, 0) is 19.7 Å². The van der Waals surface area contributed by atoms with E-state index in [0.29, 0.717) is 6.61 Å². The fourth-order valence-electron chi connectivity index (χ4n) is 0.607. The van der Waals surface area contributed by atoms with E-state index >= 15 is 0 Å². The van der Waals surface area contributed by atoms with Crippen LogP contribution in [0.3, 0.4) is 0 Å². The molecule has 0 aliphatic carbocycles. The second-order valence-electron chi connectivity index (χ2n) is 3.41. The molecule has 77 valence electrons. The summed E-state index contributed by atoms with van der Waals surface area (Å²) in [5.74, 6) is -0.871. The lowest BCUT2D eigenvalue weighted by Crippen LogP contribution is -2.31. The Hall–Kier alpha value is -0.610. The first kappa shape index (κ1) is 12.4. The number of rotatable bonds is 6. The van der Waals surface area contributed by atoms with E-state index in [2.05, 4.69) is 16.7 Å². The molecule has 1 radical (unpaired) electrons. The SMILES string of the molecule is CCCCCOOC(=O)C(C)(C)[O]. The molecule has 0 saturated carbocycles. The molecule has 0 spiro atoms. The Labute approximate surface area is 78.8 Å². The number of carbonyl (C=O) groups excluding carboxylic acids is 1. The highest BCUT2D eigenvalue weighted by Crippen LogP contribution is 2.05. The molecule has 0 heterocycles. The zero-order valence-electron chi connectivity index (χ0n) is 8.46. The highest BCUT2D eigenvalue weighted by atomic mass is 17.2. The van der Waals surface area contributed by atoms with Crippen LogP contribution in [0.1, 0.15) is 40.0 Å². The van der Waals surface area contributed by atoms with E-state index in [1.54, 1.807) is 0 Å². The third kappa shape index (κ3) is 6.54. The summed E-state index contributed by atoms with van der Waals surface area (Å²) in [5, 5.41) is 11.0. The Morgan fingerprint density at radius 2 is 1.92 bits per heavy atom. The van der Waals surface area contributed by atoms with Gasteiger partial charge in [0.15, 0.2) is 5.60 Å². The van der Waals surface area contributed by atoms with Gasteiger partial charge in [-0.2, -0.15) is 4.89 Å². The molecule has 0 atom stereocenters. The van der Waals surface area contributed by atoms with Crippen molar-refractivity contribution in [3.8, 4) is 0 Å². The van der Waals surface area contributed by atoms with Crippen molar-refractivity contribution in [1.82, 2.24) is 0 Å². The average molecular weight is 189 g/mol. The molecule has 0 aromatic carbocycles. The molecule has 0 amide bonds. The molecule has 4 heteroatoms. The van der Waals surface area contributed by atoms with E-state index in [-0.39, 0.29) is 0 Å². The first-order valence-electron chi connectivity index (χ1n) is 4.52. The molecule has 0 rings (SSSR count). The molecule has 4 nitrogen and oxygen atoms in total. The first-order valence-corrected chi connectivity index (χ1v) is 4.52. The van der Waals surface area contributed by atoms with Crippen molar-refractivity contribution < 1.29 is 19.7 Å². The average Bonchev–Trinajstić information content (AvgIpc) is 2.02. The second-order valence-corrected chi connectivity index (χ2v) is 3.41. The van der Waals surface area contributed by atoms with Gasteiger partial charge in [0.25, 0.3) is 0 Å². The van der Waals surface area contributed by atoms with Crippen molar-refractivity contribution in [1.29, 1.82) is 0 Å². The van der Waals surface area contributed by atoms with E-state index in [9.17, 15) is 9.90 Å².